The van der Waals surface area contributed by atoms with E-state index in [1.54, 1.807) is 10.6 Å². The summed E-state index contributed by atoms with van der Waals surface area (Å²) in [5, 5.41) is 4.21. The van der Waals surface area contributed by atoms with Gasteiger partial charge in [0.05, 0.1) is 22.3 Å². The molecule has 1 saturated carbocycles. The van der Waals surface area contributed by atoms with Gasteiger partial charge in [0.1, 0.15) is 0 Å². The van der Waals surface area contributed by atoms with Gasteiger partial charge in [0.25, 0.3) is 5.56 Å². The zero-order valence-electron chi connectivity index (χ0n) is 15.9. The average molecular weight is 394 g/mol. The van der Waals surface area contributed by atoms with E-state index in [9.17, 15) is 9.59 Å². The van der Waals surface area contributed by atoms with Crippen LogP contribution < -0.4 is 10.9 Å². The van der Waals surface area contributed by atoms with Gasteiger partial charge in [0.2, 0.25) is 5.91 Å². The maximum absolute atomic E-state index is 13.2. The van der Waals surface area contributed by atoms with Gasteiger partial charge in [0, 0.05) is 6.04 Å². The average Bonchev–Trinajstić information content (AvgIpc) is 3.20. The van der Waals surface area contributed by atoms with Gasteiger partial charge in [0.15, 0.2) is 5.16 Å². The SMILES string of the molecule is Cc1ccccc1-n1c(SCC(=O)NC2CCCC2)nc2ccccc2c1=O. The number of para-hydroxylation sites is 2. The lowest BCUT2D eigenvalue weighted by Crippen LogP contribution is -2.34. The van der Waals surface area contributed by atoms with Crippen molar-refractivity contribution in [3.8, 4) is 5.69 Å². The zero-order valence-corrected chi connectivity index (χ0v) is 16.7. The highest BCUT2D eigenvalue weighted by Gasteiger charge is 2.19. The number of carbonyl (C=O) groups is 1. The second-order valence-corrected chi connectivity index (χ2v) is 8.12. The summed E-state index contributed by atoms with van der Waals surface area (Å²) in [5.41, 5.74) is 2.32. The fourth-order valence-corrected chi connectivity index (χ4v) is 4.52. The Morgan fingerprint density at radius 3 is 2.64 bits per heavy atom. The van der Waals surface area contributed by atoms with Crippen LogP contribution in [-0.2, 0) is 4.79 Å². The molecule has 28 heavy (non-hydrogen) atoms. The highest BCUT2D eigenvalue weighted by atomic mass is 32.2. The quantitative estimate of drug-likeness (QED) is 0.528. The highest BCUT2D eigenvalue weighted by Crippen LogP contribution is 2.23. The fourth-order valence-electron chi connectivity index (χ4n) is 3.71. The van der Waals surface area contributed by atoms with Crippen LogP contribution in [0.2, 0.25) is 0 Å². The van der Waals surface area contributed by atoms with Crippen LogP contribution in [0.4, 0.5) is 0 Å². The summed E-state index contributed by atoms with van der Waals surface area (Å²) in [7, 11) is 0. The van der Waals surface area contributed by atoms with Crippen molar-refractivity contribution in [2.24, 2.45) is 0 Å². The van der Waals surface area contributed by atoms with Gasteiger partial charge >= 0.3 is 0 Å². The lowest BCUT2D eigenvalue weighted by molar-refractivity contribution is -0.119. The van der Waals surface area contributed by atoms with Crippen LogP contribution in [0.1, 0.15) is 31.2 Å². The Labute approximate surface area is 168 Å². The van der Waals surface area contributed by atoms with Crippen molar-refractivity contribution in [3.63, 3.8) is 0 Å². The van der Waals surface area contributed by atoms with Crippen LogP contribution >= 0.6 is 11.8 Å². The molecule has 4 rings (SSSR count). The number of nitrogens with zero attached hydrogens (tertiary/aromatic N) is 2. The molecule has 1 amide bonds. The molecule has 1 aromatic heterocycles. The Kier molecular flexibility index (Phi) is 5.48. The third-order valence-electron chi connectivity index (χ3n) is 5.15. The topological polar surface area (TPSA) is 64.0 Å². The van der Waals surface area contributed by atoms with Gasteiger partial charge in [-0.05, 0) is 43.5 Å². The minimum atomic E-state index is -0.112. The number of nitrogens with one attached hydrogen (secondary N) is 1. The molecular formula is C22H23N3O2S. The molecule has 1 N–H and O–H groups in total. The van der Waals surface area contributed by atoms with E-state index in [4.69, 9.17) is 4.98 Å². The first kappa shape index (κ1) is 18.7. The normalized spacial score (nSPS) is 14.5. The molecule has 0 unspecified atom stereocenters. The minimum Gasteiger partial charge on any atom is -0.353 e. The molecule has 1 aliphatic carbocycles. The molecule has 5 nitrogen and oxygen atoms in total. The number of aryl methyl sites for hydroxylation is 1. The van der Waals surface area contributed by atoms with Crippen molar-refractivity contribution in [2.75, 3.05) is 5.75 Å². The molecule has 6 heteroatoms. The van der Waals surface area contributed by atoms with Crippen LogP contribution in [-0.4, -0.2) is 27.3 Å². The number of aromatic nitrogens is 2. The number of hydrogen-bond acceptors (Lipinski definition) is 4. The van der Waals surface area contributed by atoms with Crippen molar-refractivity contribution >= 4 is 28.6 Å². The summed E-state index contributed by atoms with van der Waals surface area (Å²) in [6.45, 7) is 1.97. The Morgan fingerprint density at radius 2 is 1.86 bits per heavy atom. The van der Waals surface area contributed by atoms with E-state index in [-0.39, 0.29) is 23.3 Å². The predicted octanol–water partition coefficient (Wildman–Crippen LogP) is 3.85. The Bertz CT molecular complexity index is 1070. The second-order valence-electron chi connectivity index (χ2n) is 7.18. The third kappa shape index (κ3) is 3.83. The Balaban J connectivity index is 1.70. The van der Waals surface area contributed by atoms with Crippen LogP contribution in [0.3, 0.4) is 0 Å². The van der Waals surface area contributed by atoms with Crippen molar-refractivity contribution in [3.05, 3.63) is 64.4 Å². The summed E-state index contributed by atoms with van der Waals surface area (Å²) < 4.78 is 1.63. The number of benzene rings is 2. The molecule has 0 aliphatic heterocycles. The number of rotatable bonds is 5. The van der Waals surface area contributed by atoms with Crippen LogP contribution in [0.15, 0.2) is 58.5 Å². The van der Waals surface area contributed by atoms with Crippen LogP contribution in [0, 0.1) is 6.92 Å². The molecule has 0 radical (unpaired) electrons. The monoisotopic (exact) mass is 393 g/mol. The summed E-state index contributed by atoms with van der Waals surface area (Å²) in [5.74, 6) is 0.239. The summed E-state index contributed by atoms with van der Waals surface area (Å²) in [6, 6.07) is 15.4. The van der Waals surface area contributed by atoms with Gasteiger partial charge in [-0.15, -0.1) is 0 Å². The molecule has 2 aromatic carbocycles. The number of hydrogen-bond donors (Lipinski definition) is 1. The number of carbonyl (C=O) groups excluding carboxylic acids is 1. The molecule has 0 bridgehead atoms. The van der Waals surface area contributed by atoms with Gasteiger partial charge in [-0.25, -0.2) is 4.98 Å². The van der Waals surface area contributed by atoms with Crippen molar-refractivity contribution in [1.82, 2.24) is 14.9 Å². The lowest BCUT2D eigenvalue weighted by Gasteiger charge is -2.16. The molecule has 1 aliphatic rings. The molecule has 3 aromatic rings. The maximum Gasteiger partial charge on any atom is 0.266 e. The first-order valence-electron chi connectivity index (χ1n) is 9.63. The number of fused-ring (bicyclic) bond motifs is 1. The van der Waals surface area contributed by atoms with Gasteiger partial charge < -0.3 is 5.32 Å². The molecule has 1 heterocycles. The lowest BCUT2D eigenvalue weighted by atomic mass is 10.2. The van der Waals surface area contributed by atoms with E-state index in [0.29, 0.717) is 16.1 Å². The van der Waals surface area contributed by atoms with E-state index in [0.717, 1.165) is 24.1 Å². The smallest absolute Gasteiger partial charge is 0.266 e. The molecule has 0 spiro atoms. The first-order chi connectivity index (χ1) is 13.6. The van der Waals surface area contributed by atoms with Crippen molar-refractivity contribution in [2.45, 2.75) is 43.8 Å². The molecule has 0 saturated heterocycles. The number of thioether (sulfide) groups is 1. The first-order valence-corrected chi connectivity index (χ1v) is 10.6. The van der Waals surface area contributed by atoms with E-state index in [2.05, 4.69) is 5.32 Å². The largest absolute Gasteiger partial charge is 0.353 e. The van der Waals surface area contributed by atoms with Crippen molar-refractivity contribution in [1.29, 1.82) is 0 Å². The summed E-state index contributed by atoms with van der Waals surface area (Å²) in [4.78, 5) is 30.3. The maximum atomic E-state index is 13.2. The van der Waals surface area contributed by atoms with Gasteiger partial charge in [-0.3, -0.25) is 14.2 Å². The van der Waals surface area contributed by atoms with Gasteiger partial charge in [-0.2, -0.15) is 0 Å². The zero-order chi connectivity index (χ0) is 19.5. The molecule has 0 atom stereocenters. The number of amides is 1. The second kappa shape index (κ2) is 8.19. The predicted molar refractivity (Wildman–Crippen MR) is 113 cm³/mol. The standard InChI is InChI=1S/C22H23N3O2S/c1-15-8-2-7-13-19(15)25-21(27)17-11-5-6-12-18(17)24-22(25)28-14-20(26)23-16-9-3-4-10-16/h2,5-8,11-13,16H,3-4,9-10,14H2,1H3,(H,23,26). The van der Waals surface area contributed by atoms with E-state index >= 15 is 0 Å². The minimum absolute atomic E-state index is 0.00404. The van der Waals surface area contributed by atoms with Gasteiger partial charge in [-0.1, -0.05) is 54.9 Å². The van der Waals surface area contributed by atoms with E-state index < -0.39 is 0 Å². The van der Waals surface area contributed by atoms with Crippen LogP contribution in [0.25, 0.3) is 16.6 Å². The van der Waals surface area contributed by atoms with Crippen molar-refractivity contribution < 1.29 is 4.79 Å². The Hall–Kier alpha value is -2.60. The fraction of sp³-hybridized carbons (Fsp3) is 0.318. The highest BCUT2D eigenvalue weighted by molar-refractivity contribution is 7.99. The third-order valence-corrected chi connectivity index (χ3v) is 6.09. The molecule has 144 valence electrons. The molecular weight excluding hydrogens is 370 g/mol. The molecule has 1 fully saturated rings. The van der Waals surface area contributed by atoms with E-state index in [1.807, 2.05) is 49.4 Å². The summed E-state index contributed by atoms with van der Waals surface area (Å²) in [6.07, 6.45) is 4.46. The summed E-state index contributed by atoms with van der Waals surface area (Å²) >= 11 is 1.31. The van der Waals surface area contributed by atoms with E-state index in [1.165, 1.54) is 24.6 Å². The Morgan fingerprint density at radius 1 is 1.14 bits per heavy atom. The van der Waals surface area contributed by atoms with Crippen LogP contribution in [0.5, 0.6) is 0 Å².